The van der Waals surface area contributed by atoms with E-state index in [0.29, 0.717) is 19.7 Å². The molecule has 0 aliphatic carbocycles. The predicted molar refractivity (Wildman–Crippen MR) is 100 cm³/mol. The van der Waals surface area contributed by atoms with E-state index in [4.69, 9.17) is 14.2 Å². The molecule has 25 heavy (non-hydrogen) atoms. The van der Waals surface area contributed by atoms with Crippen molar-refractivity contribution in [2.45, 2.75) is 25.0 Å². The van der Waals surface area contributed by atoms with Crippen molar-refractivity contribution in [1.82, 2.24) is 10.6 Å². The summed E-state index contributed by atoms with van der Waals surface area (Å²) in [6.07, 6.45) is 3.50. The fraction of sp³-hybridized carbons (Fsp3) is 0.526. The largest absolute Gasteiger partial charge is 0.489 e. The summed E-state index contributed by atoms with van der Waals surface area (Å²) in [5, 5.41) is 6.69. The molecule has 6 heteroatoms. The molecule has 0 atom stereocenters. The summed E-state index contributed by atoms with van der Waals surface area (Å²) in [4.78, 5) is 4.30. The molecule has 138 valence electrons. The van der Waals surface area contributed by atoms with Crippen LogP contribution in [0.15, 0.2) is 41.9 Å². The highest BCUT2D eigenvalue weighted by atomic mass is 16.5. The van der Waals surface area contributed by atoms with Crippen LogP contribution in [0.5, 0.6) is 5.75 Å². The number of para-hydroxylation sites is 1. The molecule has 1 heterocycles. The van der Waals surface area contributed by atoms with Crippen LogP contribution in [-0.4, -0.2) is 52.1 Å². The molecule has 2 N–H and O–H groups in total. The van der Waals surface area contributed by atoms with E-state index in [-0.39, 0.29) is 5.60 Å². The Morgan fingerprint density at radius 3 is 2.76 bits per heavy atom. The highest BCUT2D eigenvalue weighted by Crippen LogP contribution is 2.23. The summed E-state index contributed by atoms with van der Waals surface area (Å²) in [7, 11) is 3.52. The number of hydrogen-bond acceptors (Lipinski definition) is 4. The lowest BCUT2D eigenvalue weighted by atomic mass is 9.94. The number of nitrogens with zero attached hydrogens (tertiary/aromatic N) is 1. The van der Waals surface area contributed by atoms with Gasteiger partial charge >= 0.3 is 0 Å². The smallest absolute Gasteiger partial charge is 0.191 e. The fourth-order valence-electron chi connectivity index (χ4n) is 2.78. The maximum atomic E-state index is 5.75. The van der Waals surface area contributed by atoms with E-state index in [1.54, 1.807) is 20.2 Å². The summed E-state index contributed by atoms with van der Waals surface area (Å²) < 4.78 is 16.9. The number of guanidine groups is 1. The van der Waals surface area contributed by atoms with E-state index in [2.05, 4.69) is 22.2 Å². The van der Waals surface area contributed by atoms with Gasteiger partial charge < -0.3 is 24.8 Å². The Morgan fingerprint density at radius 1 is 1.32 bits per heavy atom. The molecule has 2 rings (SSSR count). The van der Waals surface area contributed by atoms with Crippen LogP contribution in [-0.2, 0) is 16.0 Å². The second-order valence-electron chi connectivity index (χ2n) is 5.99. The van der Waals surface area contributed by atoms with Crippen LogP contribution in [0.2, 0.25) is 0 Å². The normalized spacial score (nSPS) is 17.0. The van der Waals surface area contributed by atoms with Crippen molar-refractivity contribution in [3.63, 3.8) is 0 Å². The minimum absolute atomic E-state index is 0.194. The first-order valence-electron chi connectivity index (χ1n) is 8.62. The van der Waals surface area contributed by atoms with Gasteiger partial charge in [-0.25, -0.2) is 0 Å². The van der Waals surface area contributed by atoms with Gasteiger partial charge in [0.15, 0.2) is 5.96 Å². The van der Waals surface area contributed by atoms with Crippen molar-refractivity contribution in [2.24, 2.45) is 4.99 Å². The first-order chi connectivity index (χ1) is 12.2. The molecule has 0 radical (unpaired) electrons. The average Bonchev–Trinajstić information content (AvgIpc) is 2.68. The van der Waals surface area contributed by atoms with Crippen LogP contribution < -0.4 is 15.4 Å². The summed E-state index contributed by atoms with van der Waals surface area (Å²) >= 11 is 0. The van der Waals surface area contributed by atoms with Crippen molar-refractivity contribution in [2.75, 3.05) is 40.5 Å². The van der Waals surface area contributed by atoms with Crippen LogP contribution in [0.3, 0.4) is 0 Å². The van der Waals surface area contributed by atoms with Gasteiger partial charge in [0.2, 0.25) is 0 Å². The number of methoxy groups -OCH3 is 1. The van der Waals surface area contributed by atoms with Crippen molar-refractivity contribution >= 4 is 5.96 Å². The Hall–Kier alpha value is -2.05. The topological polar surface area (TPSA) is 64.1 Å². The molecular formula is C19H29N3O3. The van der Waals surface area contributed by atoms with Gasteiger partial charge in [0.1, 0.15) is 12.4 Å². The van der Waals surface area contributed by atoms with Crippen LogP contribution >= 0.6 is 0 Å². The van der Waals surface area contributed by atoms with Crippen molar-refractivity contribution in [3.8, 4) is 5.75 Å². The molecule has 0 saturated carbocycles. The molecule has 1 aliphatic heterocycles. The van der Waals surface area contributed by atoms with Gasteiger partial charge in [-0.15, -0.1) is 0 Å². The Labute approximate surface area is 150 Å². The molecule has 1 fully saturated rings. The van der Waals surface area contributed by atoms with Gasteiger partial charge in [-0.2, -0.15) is 0 Å². The molecule has 6 nitrogen and oxygen atoms in total. The summed E-state index contributed by atoms with van der Waals surface area (Å²) in [6.45, 7) is 6.95. The minimum Gasteiger partial charge on any atom is -0.489 e. The van der Waals surface area contributed by atoms with E-state index < -0.39 is 0 Å². The van der Waals surface area contributed by atoms with Gasteiger partial charge in [0, 0.05) is 58.9 Å². The summed E-state index contributed by atoms with van der Waals surface area (Å²) in [6, 6.07) is 7.95. The molecule has 1 aromatic carbocycles. The van der Waals surface area contributed by atoms with Gasteiger partial charge in [-0.3, -0.25) is 4.99 Å². The Morgan fingerprint density at radius 2 is 2.08 bits per heavy atom. The van der Waals surface area contributed by atoms with E-state index in [1.807, 2.05) is 24.3 Å². The molecule has 1 aliphatic rings. The maximum absolute atomic E-state index is 5.75. The average molecular weight is 347 g/mol. The molecule has 0 unspecified atom stereocenters. The first-order valence-corrected chi connectivity index (χ1v) is 8.62. The van der Waals surface area contributed by atoms with E-state index >= 15 is 0 Å². The Kier molecular flexibility index (Phi) is 7.76. The minimum atomic E-state index is -0.194. The van der Waals surface area contributed by atoms with Gasteiger partial charge in [-0.05, 0) is 6.07 Å². The van der Waals surface area contributed by atoms with E-state index in [1.165, 1.54) is 0 Å². The number of nitrogens with one attached hydrogen (secondary N) is 2. The number of ether oxygens (including phenoxy) is 3. The van der Waals surface area contributed by atoms with Crippen molar-refractivity contribution < 1.29 is 14.2 Å². The molecule has 0 spiro atoms. The second-order valence-corrected chi connectivity index (χ2v) is 5.99. The zero-order valence-corrected chi connectivity index (χ0v) is 15.2. The lowest BCUT2D eigenvalue weighted by Crippen LogP contribution is -2.50. The summed E-state index contributed by atoms with van der Waals surface area (Å²) in [5.41, 5.74) is 0.876. The highest BCUT2D eigenvalue weighted by molar-refractivity contribution is 5.79. The fourth-order valence-corrected chi connectivity index (χ4v) is 2.78. The number of aliphatic imine (C=N–C) groups is 1. The molecule has 1 aromatic rings. The van der Waals surface area contributed by atoms with E-state index in [9.17, 15) is 0 Å². The third-order valence-corrected chi connectivity index (χ3v) is 4.41. The molecule has 0 bridgehead atoms. The molecular weight excluding hydrogens is 318 g/mol. The van der Waals surface area contributed by atoms with Gasteiger partial charge in [0.25, 0.3) is 0 Å². The predicted octanol–water partition coefficient (Wildman–Crippen LogP) is 2.11. The van der Waals surface area contributed by atoms with E-state index in [0.717, 1.165) is 43.3 Å². The van der Waals surface area contributed by atoms with Crippen molar-refractivity contribution in [3.05, 3.63) is 42.5 Å². The number of hydrogen-bond donors (Lipinski definition) is 2. The van der Waals surface area contributed by atoms with Crippen molar-refractivity contribution in [1.29, 1.82) is 0 Å². The molecule has 0 amide bonds. The van der Waals surface area contributed by atoms with Gasteiger partial charge in [-0.1, -0.05) is 30.9 Å². The van der Waals surface area contributed by atoms with Crippen LogP contribution in [0.1, 0.15) is 18.4 Å². The first kappa shape index (κ1) is 19.3. The number of benzene rings is 1. The van der Waals surface area contributed by atoms with Crippen LogP contribution in [0.25, 0.3) is 0 Å². The lowest BCUT2D eigenvalue weighted by Gasteiger charge is -2.36. The zero-order chi connectivity index (χ0) is 18.0. The highest BCUT2D eigenvalue weighted by Gasteiger charge is 2.32. The second kappa shape index (κ2) is 10.1. The van der Waals surface area contributed by atoms with Gasteiger partial charge in [0.05, 0.1) is 5.60 Å². The summed E-state index contributed by atoms with van der Waals surface area (Å²) in [5.74, 6) is 1.59. The maximum Gasteiger partial charge on any atom is 0.191 e. The van der Waals surface area contributed by atoms with Crippen LogP contribution in [0, 0.1) is 0 Å². The quantitative estimate of drug-likeness (QED) is 0.428. The Bertz CT molecular complexity index is 569. The third-order valence-electron chi connectivity index (χ3n) is 4.41. The third kappa shape index (κ3) is 5.76. The van der Waals surface area contributed by atoms with Crippen LogP contribution in [0.4, 0.5) is 0 Å². The lowest BCUT2D eigenvalue weighted by molar-refractivity contribution is -0.0855. The molecule has 1 saturated heterocycles. The standard InChI is InChI=1S/C19H29N3O3/c1-4-11-25-17-8-6-5-7-16(17)14-21-18(20-2)22-15-19(23-3)9-12-24-13-10-19/h4-8H,1,9-15H2,2-3H3,(H2,20,21,22). The monoisotopic (exact) mass is 347 g/mol. The SMILES string of the molecule is C=CCOc1ccccc1CNC(=NC)NCC1(OC)CCOCC1. The number of rotatable bonds is 8. The molecule has 0 aromatic heterocycles. The Balaban J connectivity index is 1.89. The zero-order valence-electron chi connectivity index (χ0n) is 15.2.